The summed E-state index contributed by atoms with van der Waals surface area (Å²) in [7, 11) is 2.05. The van der Waals surface area contributed by atoms with Crippen molar-refractivity contribution in [1.29, 1.82) is 0 Å². The number of hydrogen-bond acceptors (Lipinski definition) is 4. The number of carbonyl (C=O) groups excluding carboxylic acids is 2. The molecule has 8 heteroatoms. The Morgan fingerprint density at radius 2 is 1.54 bits per heavy atom. The molecule has 1 aliphatic carbocycles. The van der Waals surface area contributed by atoms with E-state index in [-0.39, 0.29) is 36.5 Å². The summed E-state index contributed by atoms with van der Waals surface area (Å²) in [5.41, 5.74) is -0.967. The lowest BCUT2D eigenvalue weighted by atomic mass is 9.73. The predicted molar refractivity (Wildman–Crippen MR) is 145 cm³/mol. The van der Waals surface area contributed by atoms with Crippen LogP contribution in [0.15, 0.2) is 48.5 Å². The Hall–Kier alpha value is -3.00. The van der Waals surface area contributed by atoms with E-state index in [1.165, 1.54) is 18.2 Å². The van der Waals surface area contributed by atoms with Gasteiger partial charge in [-0.1, -0.05) is 31.0 Å². The first-order valence-electron chi connectivity index (χ1n) is 14.2. The minimum atomic E-state index is -0.867. The number of piperazine rings is 1. The van der Waals surface area contributed by atoms with Gasteiger partial charge in [0.2, 0.25) is 11.8 Å². The first-order valence-corrected chi connectivity index (χ1v) is 14.2. The zero-order valence-corrected chi connectivity index (χ0v) is 22.8. The highest BCUT2D eigenvalue weighted by Crippen LogP contribution is 2.45. The lowest BCUT2D eigenvalue weighted by Gasteiger charge is -2.46. The lowest BCUT2D eigenvalue weighted by molar-refractivity contribution is -0.146. The summed E-state index contributed by atoms with van der Waals surface area (Å²) in [6.45, 7) is 4.24. The molecule has 0 spiro atoms. The maximum Gasteiger partial charge on any atom is 0.233 e. The van der Waals surface area contributed by atoms with Crippen LogP contribution in [0.1, 0.15) is 50.5 Å². The largest absolute Gasteiger partial charge is 0.493 e. The van der Waals surface area contributed by atoms with Crippen molar-refractivity contribution in [1.82, 2.24) is 14.7 Å². The van der Waals surface area contributed by atoms with Crippen molar-refractivity contribution in [2.45, 2.75) is 50.4 Å². The van der Waals surface area contributed by atoms with Crippen molar-refractivity contribution >= 4 is 11.8 Å². The molecule has 3 aliphatic rings. The van der Waals surface area contributed by atoms with Crippen LogP contribution in [0.2, 0.25) is 0 Å². The fraction of sp³-hybridized carbons (Fsp3) is 0.548. The average molecular weight is 540 g/mol. The summed E-state index contributed by atoms with van der Waals surface area (Å²) in [5.74, 6) is -0.106. The molecule has 1 saturated carbocycles. The zero-order valence-electron chi connectivity index (χ0n) is 22.8. The maximum atomic E-state index is 15.0. The number of amides is 2. The number of nitrogens with zero attached hydrogens (tertiary/aromatic N) is 3. The van der Waals surface area contributed by atoms with E-state index in [0.717, 1.165) is 38.8 Å². The molecule has 2 saturated heterocycles. The maximum absolute atomic E-state index is 15.0. The molecule has 0 aromatic heterocycles. The van der Waals surface area contributed by atoms with E-state index in [1.54, 1.807) is 30.3 Å². The van der Waals surface area contributed by atoms with Gasteiger partial charge in [-0.3, -0.25) is 9.59 Å². The standard InChI is InChI=1S/C31H39F2N3O3/c1-34-17-19-35(20-18-34)28(37)21-30(23-39-25-11-9-24(32)10-12-25)13-6-16-36(22-30)29(38)31(14-4-5-15-31)26-7-2-3-8-27(26)33/h2-3,7-12H,4-6,13-23H2,1H3/t30-/m1/s1. The minimum absolute atomic E-state index is 0.0389. The molecule has 6 nitrogen and oxygen atoms in total. The van der Waals surface area contributed by atoms with E-state index >= 15 is 4.39 Å². The van der Waals surface area contributed by atoms with Gasteiger partial charge in [-0.25, -0.2) is 8.78 Å². The summed E-state index contributed by atoms with van der Waals surface area (Å²) in [4.78, 5) is 33.8. The first-order chi connectivity index (χ1) is 18.8. The van der Waals surface area contributed by atoms with Crippen molar-refractivity contribution < 1.29 is 23.1 Å². The second-order valence-corrected chi connectivity index (χ2v) is 11.7. The van der Waals surface area contributed by atoms with Crippen LogP contribution >= 0.6 is 0 Å². The van der Waals surface area contributed by atoms with Crippen molar-refractivity contribution in [3.05, 3.63) is 65.7 Å². The van der Waals surface area contributed by atoms with E-state index in [2.05, 4.69) is 11.9 Å². The number of benzene rings is 2. The van der Waals surface area contributed by atoms with E-state index in [9.17, 15) is 14.0 Å². The minimum Gasteiger partial charge on any atom is -0.493 e. The van der Waals surface area contributed by atoms with Gasteiger partial charge in [0, 0.05) is 56.7 Å². The van der Waals surface area contributed by atoms with Crippen LogP contribution < -0.4 is 4.74 Å². The topological polar surface area (TPSA) is 53.1 Å². The number of likely N-dealkylation sites (tertiary alicyclic amines) is 1. The second kappa shape index (κ2) is 11.6. The van der Waals surface area contributed by atoms with E-state index in [4.69, 9.17) is 4.74 Å². The van der Waals surface area contributed by atoms with Crippen LogP contribution in [0, 0.1) is 17.0 Å². The smallest absolute Gasteiger partial charge is 0.233 e. The third-order valence-corrected chi connectivity index (χ3v) is 8.95. The van der Waals surface area contributed by atoms with Crippen molar-refractivity contribution in [3.63, 3.8) is 0 Å². The summed E-state index contributed by atoms with van der Waals surface area (Å²) in [6.07, 6.45) is 4.77. The Labute approximate surface area is 229 Å². The van der Waals surface area contributed by atoms with Crippen LogP contribution in [0.5, 0.6) is 5.75 Å². The molecule has 39 heavy (non-hydrogen) atoms. The average Bonchev–Trinajstić information content (AvgIpc) is 3.44. The Balaban J connectivity index is 1.39. The van der Waals surface area contributed by atoms with Gasteiger partial charge in [-0.15, -0.1) is 0 Å². The lowest BCUT2D eigenvalue weighted by Crippen LogP contribution is -2.56. The highest BCUT2D eigenvalue weighted by atomic mass is 19.1. The van der Waals surface area contributed by atoms with Gasteiger partial charge in [0.15, 0.2) is 0 Å². The van der Waals surface area contributed by atoms with Crippen LogP contribution in [0.3, 0.4) is 0 Å². The number of piperidine rings is 1. The molecule has 2 aromatic rings. The second-order valence-electron chi connectivity index (χ2n) is 11.7. The molecule has 2 aliphatic heterocycles. The molecule has 0 unspecified atom stereocenters. The number of carbonyl (C=O) groups is 2. The highest BCUT2D eigenvalue weighted by molar-refractivity contribution is 5.89. The molecular formula is C31H39F2N3O3. The normalized spacial score (nSPS) is 23.6. The molecule has 2 amide bonds. The van der Waals surface area contributed by atoms with Gasteiger partial charge in [0.1, 0.15) is 17.4 Å². The van der Waals surface area contributed by atoms with Gasteiger partial charge in [0.25, 0.3) is 0 Å². The fourth-order valence-corrected chi connectivity index (χ4v) is 6.68. The van der Waals surface area contributed by atoms with Gasteiger partial charge in [-0.2, -0.15) is 0 Å². The summed E-state index contributed by atoms with van der Waals surface area (Å²) >= 11 is 0. The summed E-state index contributed by atoms with van der Waals surface area (Å²) in [6, 6.07) is 12.5. The quantitative estimate of drug-likeness (QED) is 0.515. The fourth-order valence-electron chi connectivity index (χ4n) is 6.68. The molecule has 2 heterocycles. The van der Waals surface area contributed by atoms with Gasteiger partial charge in [0.05, 0.1) is 12.0 Å². The number of likely N-dealkylation sites (N-methyl/N-ethyl adjacent to an activating group) is 1. The molecule has 0 N–H and O–H groups in total. The van der Waals surface area contributed by atoms with Crippen molar-refractivity contribution in [2.75, 3.05) is 52.9 Å². The molecule has 1 atom stereocenters. The van der Waals surface area contributed by atoms with Gasteiger partial charge in [-0.05, 0) is 63.1 Å². The molecule has 0 bridgehead atoms. The Morgan fingerprint density at radius 3 is 2.23 bits per heavy atom. The monoisotopic (exact) mass is 539 g/mol. The molecule has 210 valence electrons. The molecule has 0 radical (unpaired) electrons. The number of ether oxygens (including phenoxy) is 1. The molecule has 5 rings (SSSR count). The van der Waals surface area contributed by atoms with E-state index < -0.39 is 10.8 Å². The highest BCUT2D eigenvalue weighted by Gasteiger charge is 2.49. The first kappa shape index (κ1) is 27.6. The number of hydrogen-bond donors (Lipinski definition) is 0. The SMILES string of the molecule is CN1CCN(C(=O)C[C@]2(COc3ccc(F)cc3)CCCN(C(=O)C3(c4ccccc4F)CCCC3)C2)CC1. The van der Waals surface area contributed by atoms with Crippen molar-refractivity contribution in [3.8, 4) is 5.75 Å². The van der Waals surface area contributed by atoms with Crippen LogP contribution in [-0.4, -0.2) is 79.4 Å². The summed E-state index contributed by atoms with van der Waals surface area (Å²) in [5, 5.41) is 0. The van der Waals surface area contributed by atoms with E-state index in [0.29, 0.717) is 50.3 Å². The zero-order chi connectivity index (χ0) is 27.5. The van der Waals surface area contributed by atoms with Crippen LogP contribution in [0.4, 0.5) is 8.78 Å². The molecule has 2 aromatic carbocycles. The van der Waals surface area contributed by atoms with Gasteiger partial charge < -0.3 is 19.4 Å². The van der Waals surface area contributed by atoms with Crippen LogP contribution in [0.25, 0.3) is 0 Å². The predicted octanol–water partition coefficient (Wildman–Crippen LogP) is 4.63. The Kier molecular flexibility index (Phi) is 8.21. The number of rotatable bonds is 7. The Morgan fingerprint density at radius 1 is 0.846 bits per heavy atom. The van der Waals surface area contributed by atoms with Crippen LogP contribution in [-0.2, 0) is 15.0 Å². The molecule has 3 fully saturated rings. The third kappa shape index (κ3) is 5.96. The number of halogens is 2. The molecular weight excluding hydrogens is 500 g/mol. The van der Waals surface area contributed by atoms with Gasteiger partial charge >= 0.3 is 0 Å². The summed E-state index contributed by atoms with van der Waals surface area (Å²) < 4.78 is 34.7. The van der Waals surface area contributed by atoms with E-state index in [1.807, 2.05) is 9.80 Å². The van der Waals surface area contributed by atoms with Crippen molar-refractivity contribution in [2.24, 2.45) is 5.41 Å². The third-order valence-electron chi connectivity index (χ3n) is 8.95. The Bertz CT molecular complexity index is 1160.